The first-order valence-corrected chi connectivity index (χ1v) is 9.04. The zero-order valence-electron chi connectivity index (χ0n) is 14.2. The zero-order valence-corrected chi connectivity index (χ0v) is 15.7. The van der Waals surface area contributed by atoms with Crippen molar-refractivity contribution in [3.63, 3.8) is 0 Å². The van der Waals surface area contributed by atoms with Gasteiger partial charge in [-0.3, -0.25) is 0 Å². The van der Waals surface area contributed by atoms with E-state index < -0.39 is 5.97 Å². The summed E-state index contributed by atoms with van der Waals surface area (Å²) in [6.07, 6.45) is 3.65. The minimum Gasteiger partial charge on any atom is -0.494 e. The lowest BCUT2D eigenvalue weighted by Gasteiger charge is -2.05. The van der Waals surface area contributed by atoms with E-state index in [0.717, 1.165) is 18.6 Å². The maximum absolute atomic E-state index is 12.1. The molecule has 0 atom stereocenters. The van der Waals surface area contributed by atoms with Crippen LogP contribution in [-0.4, -0.2) is 18.5 Å². The standard InChI is InChI=1S/C20H17Cl2NO3/c1-2-3-11-25-15-9-7-13(8-10-15)19-23-17(20(24)26-19)12-14-5-4-6-16(21)18(14)22/h4-10,12H,2-3,11H2,1H3/b17-12-. The van der Waals surface area contributed by atoms with E-state index in [0.29, 0.717) is 27.8 Å². The van der Waals surface area contributed by atoms with Crippen molar-refractivity contribution >= 4 is 41.1 Å². The predicted molar refractivity (Wildman–Crippen MR) is 104 cm³/mol. The molecule has 2 aromatic carbocycles. The highest BCUT2D eigenvalue weighted by Gasteiger charge is 2.24. The average molecular weight is 390 g/mol. The normalized spacial score (nSPS) is 15.1. The number of benzene rings is 2. The molecular weight excluding hydrogens is 373 g/mol. The second-order valence-corrected chi connectivity index (χ2v) is 6.49. The van der Waals surface area contributed by atoms with E-state index >= 15 is 0 Å². The summed E-state index contributed by atoms with van der Waals surface area (Å²) >= 11 is 12.1. The Labute approximate surface area is 162 Å². The number of hydrogen-bond acceptors (Lipinski definition) is 4. The van der Waals surface area contributed by atoms with E-state index in [-0.39, 0.29) is 11.6 Å². The Morgan fingerprint density at radius 3 is 2.65 bits per heavy atom. The first kappa shape index (κ1) is 18.5. The molecule has 0 amide bonds. The van der Waals surface area contributed by atoms with Gasteiger partial charge in [0.2, 0.25) is 5.90 Å². The lowest BCUT2D eigenvalue weighted by molar-refractivity contribution is -0.129. The van der Waals surface area contributed by atoms with Crippen molar-refractivity contribution in [2.24, 2.45) is 4.99 Å². The lowest BCUT2D eigenvalue weighted by Crippen LogP contribution is -2.05. The van der Waals surface area contributed by atoms with E-state index in [2.05, 4.69) is 11.9 Å². The van der Waals surface area contributed by atoms with Gasteiger partial charge in [-0.2, -0.15) is 0 Å². The van der Waals surface area contributed by atoms with E-state index in [1.165, 1.54) is 0 Å². The van der Waals surface area contributed by atoms with Crippen LogP contribution < -0.4 is 4.74 Å². The number of unbranched alkanes of at least 4 members (excludes halogenated alkanes) is 1. The van der Waals surface area contributed by atoms with Crippen molar-refractivity contribution in [1.82, 2.24) is 0 Å². The molecule has 2 aromatic rings. The molecular formula is C20H17Cl2NO3. The number of esters is 1. The fraction of sp³-hybridized carbons (Fsp3) is 0.200. The molecule has 3 rings (SSSR count). The molecule has 1 aliphatic heterocycles. The Balaban J connectivity index is 1.79. The van der Waals surface area contributed by atoms with Crippen molar-refractivity contribution in [3.8, 4) is 5.75 Å². The molecule has 0 unspecified atom stereocenters. The number of rotatable bonds is 6. The quantitative estimate of drug-likeness (QED) is 0.371. The molecule has 4 nitrogen and oxygen atoms in total. The van der Waals surface area contributed by atoms with E-state index in [4.69, 9.17) is 32.7 Å². The Kier molecular flexibility index (Phi) is 5.96. The molecule has 0 aliphatic carbocycles. The van der Waals surface area contributed by atoms with Crippen LogP contribution in [0.3, 0.4) is 0 Å². The van der Waals surface area contributed by atoms with Crippen molar-refractivity contribution in [3.05, 3.63) is 69.3 Å². The largest absolute Gasteiger partial charge is 0.494 e. The highest BCUT2D eigenvalue weighted by molar-refractivity contribution is 6.43. The van der Waals surface area contributed by atoms with Gasteiger partial charge in [-0.1, -0.05) is 48.7 Å². The number of nitrogens with zero attached hydrogens (tertiary/aromatic N) is 1. The summed E-state index contributed by atoms with van der Waals surface area (Å²) in [5, 5.41) is 0.780. The topological polar surface area (TPSA) is 47.9 Å². The van der Waals surface area contributed by atoms with Gasteiger partial charge >= 0.3 is 5.97 Å². The fourth-order valence-corrected chi connectivity index (χ4v) is 2.70. The lowest BCUT2D eigenvalue weighted by atomic mass is 10.2. The van der Waals surface area contributed by atoms with E-state index in [1.807, 2.05) is 24.3 Å². The predicted octanol–water partition coefficient (Wildman–Crippen LogP) is 5.52. The van der Waals surface area contributed by atoms with Gasteiger partial charge in [0.15, 0.2) is 5.70 Å². The molecule has 134 valence electrons. The summed E-state index contributed by atoms with van der Waals surface area (Å²) in [4.78, 5) is 16.4. The van der Waals surface area contributed by atoms with Crippen molar-refractivity contribution in [1.29, 1.82) is 0 Å². The summed E-state index contributed by atoms with van der Waals surface area (Å²) in [6, 6.07) is 12.5. The molecule has 1 heterocycles. The van der Waals surface area contributed by atoms with Crippen LogP contribution in [0.15, 0.2) is 53.2 Å². The molecule has 6 heteroatoms. The van der Waals surface area contributed by atoms with Gasteiger partial charge in [0.1, 0.15) is 5.75 Å². The Bertz CT molecular complexity index is 873. The maximum atomic E-state index is 12.1. The average Bonchev–Trinajstić information content (AvgIpc) is 3.00. The molecule has 0 N–H and O–H groups in total. The van der Waals surface area contributed by atoms with Crippen molar-refractivity contribution < 1.29 is 14.3 Å². The highest BCUT2D eigenvalue weighted by atomic mass is 35.5. The van der Waals surface area contributed by atoms with Crippen LogP contribution in [0, 0.1) is 0 Å². The summed E-state index contributed by atoms with van der Waals surface area (Å²) in [7, 11) is 0. The van der Waals surface area contributed by atoms with Crippen molar-refractivity contribution in [2.45, 2.75) is 19.8 Å². The maximum Gasteiger partial charge on any atom is 0.363 e. The number of ether oxygens (including phenoxy) is 2. The van der Waals surface area contributed by atoms with E-state index in [9.17, 15) is 4.79 Å². The van der Waals surface area contributed by atoms with Gasteiger partial charge in [-0.05, 0) is 48.4 Å². The van der Waals surface area contributed by atoms with Crippen LogP contribution in [0.2, 0.25) is 10.0 Å². The third-order valence-electron chi connectivity index (χ3n) is 3.76. The van der Waals surface area contributed by atoms with E-state index in [1.54, 1.807) is 24.3 Å². The summed E-state index contributed by atoms with van der Waals surface area (Å²) in [5.41, 5.74) is 1.48. The third kappa shape index (κ3) is 4.26. The Hall–Kier alpha value is -2.30. The number of aliphatic imine (C=N–C) groups is 1. The monoisotopic (exact) mass is 389 g/mol. The fourth-order valence-electron chi connectivity index (χ4n) is 2.34. The molecule has 0 aromatic heterocycles. The molecule has 1 aliphatic rings. The van der Waals surface area contributed by atoms with Crippen LogP contribution in [0.1, 0.15) is 30.9 Å². The van der Waals surface area contributed by atoms with Crippen LogP contribution in [-0.2, 0) is 9.53 Å². The molecule has 26 heavy (non-hydrogen) atoms. The number of carbonyl (C=O) groups excluding carboxylic acids is 1. The van der Waals surface area contributed by atoms with Crippen LogP contribution >= 0.6 is 23.2 Å². The first-order valence-electron chi connectivity index (χ1n) is 8.28. The van der Waals surface area contributed by atoms with Gasteiger partial charge in [-0.25, -0.2) is 9.79 Å². The summed E-state index contributed by atoms with van der Waals surface area (Å²) < 4.78 is 10.9. The minimum absolute atomic E-state index is 0.174. The second-order valence-electron chi connectivity index (χ2n) is 5.71. The second kappa shape index (κ2) is 8.39. The molecule has 0 saturated heterocycles. The third-order valence-corrected chi connectivity index (χ3v) is 4.60. The van der Waals surface area contributed by atoms with Crippen LogP contribution in [0.5, 0.6) is 5.75 Å². The molecule has 0 radical (unpaired) electrons. The smallest absolute Gasteiger partial charge is 0.363 e. The molecule has 0 bridgehead atoms. The van der Waals surface area contributed by atoms with Gasteiger partial charge in [0, 0.05) is 5.56 Å². The number of hydrogen-bond donors (Lipinski definition) is 0. The molecule has 0 saturated carbocycles. The molecule has 0 fully saturated rings. The molecule has 0 spiro atoms. The number of cyclic esters (lactones) is 1. The SMILES string of the molecule is CCCCOc1ccc(C2=N/C(=C\c3cccc(Cl)c3Cl)C(=O)O2)cc1. The van der Waals surface area contributed by atoms with Crippen LogP contribution in [0.25, 0.3) is 6.08 Å². The van der Waals surface area contributed by atoms with Crippen molar-refractivity contribution in [2.75, 3.05) is 6.61 Å². The zero-order chi connectivity index (χ0) is 18.5. The van der Waals surface area contributed by atoms with Crippen LogP contribution in [0.4, 0.5) is 0 Å². The van der Waals surface area contributed by atoms with Gasteiger partial charge in [-0.15, -0.1) is 0 Å². The Morgan fingerprint density at radius 1 is 1.15 bits per heavy atom. The van der Waals surface area contributed by atoms with Gasteiger partial charge < -0.3 is 9.47 Å². The van der Waals surface area contributed by atoms with Gasteiger partial charge in [0.25, 0.3) is 0 Å². The summed E-state index contributed by atoms with van der Waals surface area (Å²) in [5.74, 6) is 0.493. The highest BCUT2D eigenvalue weighted by Crippen LogP contribution is 2.29. The number of halogens is 2. The Morgan fingerprint density at radius 2 is 1.92 bits per heavy atom. The first-order chi connectivity index (χ1) is 12.6. The van der Waals surface area contributed by atoms with Gasteiger partial charge in [0.05, 0.1) is 16.7 Å². The number of carbonyl (C=O) groups is 1. The minimum atomic E-state index is -0.528. The summed E-state index contributed by atoms with van der Waals surface area (Å²) in [6.45, 7) is 2.79.